The molecule has 2 unspecified atom stereocenters. The van der Waals surface area contributed by atoms with E-state index in [9.17, 15) is 19.5 Å². The number of benzene rings is 1. The Hall–Kier alpha value is -2.57. The van der Waals surface area contributed by atoms with Crippen molar-refractivity contribution in [3.63, 3.8) is 0 Å². The van der Waals surface area contributed by atoms with Crippen LogP contribution in [0.3, 0.4) is 0 Å². The molecule has 1 N–H and O–H groups in total. The normalized spacial score (nSPS) is 25.6. The van der Waals surface area contributed by atoms with Gasteiger partial charge in [-0.1, -0.05) is 6.07 Å². The Morgan fingerprint density at radius 3 is 2.74 bits per heavy atom. The minimum absolute atomic E-state index is 0.116. The number of carbonyl (C=O) groups excluding carboxylic acids is 2. The van der Waals surface area contributed by atoms with Gasteiger partial charge in [0.15, 0.2) is 0 Å². The predicted molar refractivity (Wildman–Crippen MR) is 99.7 cm³/mol. The van der Waals surface area contributed by atoms with Crippen molar-refractivity contribution in [1.29, 1.82) is 0 Å². The first-order valence-electron chi connectivity index (χ1n) is 9.22. The van der Waals surface area contributed by atoms with E-state index in [1.54, 1.807) is 23.8 Å². The van der Waals surface area contributed by atoms with E-state index in [2.05, 4.69) is 0 Å². The molecular formula is C20H26N2O5. The van der Waals surface area contributed by atoms with E-state index in [0.29, 0.717) is 30.8 Å². The lowest BCUT2D eigenvalue weighted by Crippen LogP contribution is -2.50. The third-order valence-electron chi connectivity index (χ3n) is 5.62. The van der Waals surface area contributed by atoms with Crippen molar-refractivity contribution in [3.05, 3.63) is 23.8 Å². The first-order chi connectivity index (χ1) is 12.7. The fourth-order valence-corrected chi connectivity index (χ4v) is 3.98. The number of anilines is 1. The highest BCUT2D eigenvalue weighted by Gasteiger charge is 2.43. The Labute approximate surface area is 158 Å². The molecule has 2 saturated heterocycles. The minimum atomic E-state index is -0.921. The van der Waals surface area contributed by atoms with Crippen LogP contribution in [0.5, 0.6) is 5.75 Å². The van der Waals surface area contributed by atoms with E-state index in [4.69, 9.17) is 4.74 Å². The summed E-state index contributed by atoms with van der Waals surface area (Å²) >= 11 is 0. The zero-order valence-electron chi connectivity index (χ0n) is 16.0. The number of ether oxygens (including phenoxy) is 1. The molecule has 2 fully saturated rings. The van der Waals surface area contributed by atoms with E-state index < -0.39 is 17.3 Å². The predicted octanol–water partition coefficient (Wildman–Crippen LogP) is 2.07. The van der Waals surface area contributed by atoms with Crippen LogP contribution in [0.25, 0.3) is 0 Å². The van der Waals surface area contributed by atoms with Crippen LogP contribution in [0, 0.1) is 18.3 Å². The van der Waals surface area contributed by atoms with Gasteiger partial charge in [0, 0.05) is 26.1 Å². The number of aryl methyl sites for hydroxylation is 1. The Morgan fingerprint density at radius 1 is 1.33 bits per heavy atom. The molecule has 2 atom stereocenters. The molecule has 0 bridgehead atoms. The molecule has 7 nitrogen and oxygen atoms in total. The molecule has 1 aromatic rings. The SMILES string of the molecule is COc1ccc(C)cc1N1CC(C(=O)N2CCCC(C)(C(=O)O)C2)CC1=O. The number of carbonyl (C=O) groups is 3. The van der Waals surface area contributed by atoms with Crippen molar-refractivity contribution < 1.29 is 24.2 Å². The smallest absolute Gasteiger partial charge is 0.311 e. The van der Waals surface area contributed by atoms with Gasteiger partial charge in [0.1, 0.15) is 5.75 Å². The van der Waals surface area contributed by atoms with Gasteiger partial charge in [-0.2, -0.15) is 0 Å². The summed E-state index contributed by atoms with van der Waals surface area (Å²) in [5.74, 6) is -0.995. The van der Waals surface area contributed by atoms with Gasteiger partial charge in [-0.3, -0.25) is 14.4 Å². The Morgan fingerprint density at radius 2 is 2.07 bits per heavy atom. The molecule has 0 aliphatic carbocycles. The number of methoxy groups -OCH3 is 1. The molecule has 3 rings (SSSR count). The molecule has 0 saturated carbocycles. The highest BCUT2D eigenvalue weighted by atomic mass is 16.5. The van der Waals surface area contributed by atoms with Crippen LogP contribution in [0.2, 0.25) is 0 Å². The van der Waals surface area contributed by atoms with Crippen LogP contribution in [0.15, 0.2) is 18.2 Å². The third-order valence-corrected chi connectivity index (χ3v) is 5.62. The number of piperidine rings is 1. The minimum Gasteiger partial charge on any atom is -0.495 e. The second kappa shape index (κ2) is 7.21. The first-order valence-corrected chi connectivity index (χ1v) is 9.22. The van der Waals surface area contributed by atoms with Crippen LogP contribution in [0.1, 0.15) is 31.7 Å². The number of rotatable bonds is 4. The Kier molecular flexibility index (Phi) is 5.13. The Balaban J connectivity index is 1.77. The molecule has 2 aliphatic rings. The molecule has 7 heteroatoms. The number of nitrogens with zero attached hydrogens (tertiary/aromatic N) is 2. The third kappa shape index (κ3) is 3.63. The van der Waals surface area contributed by atoms with E-state index in [-0.39, 0.29) is 31.3 Å². The summed E-state index contributed by atoms with van der Waals surface area (Å²) in [7, 11) is 1.55. The number of carboxylic acid groups (broad SMARTS) is 1. The average molecular weight is 374 g/mol. The quantitative estimate of drug-likeness (QED) is 0.872. The van der Waals surface area contributed by atoms with E-state index in [1.807, 2.05) is 25.1 Å². The number of carboxylic acids is 1. The highest BCUT2D eigenvalue weighted by molar-refractivity contribution is 6.01. The van der Waals surface area contributed by atoms with E-state index in [1.165, 1.54) is 0 Å². The number of aliphatic carboxylic acids is 1. The first kappa shape index (κ1) is 19.2. The fraction of sp³-hybridized carbons (Fsp3) is 0.550. The van der Waals surface area contributed by atoms with Gasteiger partial charge in [-0.05, 0) is 44.4 Å². The number of amides is 2. The average Bonchev–Trinajstić information content (AvgIpc) is 3.02. The lowest BCUT2D eigenvalue weighted by molar-refractivity contribution is -0.154. The number of hydrogen-bond donors (Lipinski definition) is 1. The summed E-state index contributed by atoms with van der Waals surface area (Å²) in [5, 5.41) is 9.46. The van der Waals surface area contributed by atoms with Gasteiger partial charge in [0.05, 0.1) is 24.1 Å². The standard InChI is InChI=1S/C20H26N2O5/c1-13-5-6-16(27-3)15(9-13)22-11-14(10-17(22)23)18(24)21-8-4-7-20(2,12-21)19(25)26/h5-6,9,14H,4,7-8,10-12H2,1-3H3,(H,25,26). The summed E-state index contributed by atoms with van der Waals surface area (Å²) in [6.07, 6.45) is 1.35. The summed E-state index contributed by atoms with van der Waals surface area (Å²) < 4.78 is 5.37. The molecule has 1 aromatic carbocycles. The van der Waals surface area contributed by atoms with Gasteiger partial charge >= 0.3 is 5.97 Å². The van der Waals surface area contributed by atoms with Crippen LogP contribution < -0.4 is 9.64 Å². The molecule has 0 spiro atoms. The van der Waals surface area contributed by atoms with E-state index in [0.717, 1.165) is 5.56 Å². The van der Waals surface area contributed by atoms with Crippen molar-refractivity contribution in [2.45, 2.75) is 33.1 Å². The molecule has 27 heavy (non-hydrogen) atoms. The molecule has 2 amide bonds. The summed E-state index contributed by atoms with van der Waals surface area (Å²) in [6, 6.07) is 5.61. The van der Waals surface area contributed by atoms with Gasteiger partial charge in [0.2, 0.25) is 11.8 Å². The molecule has 0 radical (unpaired) electrons. The van der Waals surface area contributed by atoms with Gasteiger partial charge < -0.3 is 19.6 Å². The maximum Gasteiger partial charge on any atom is 0.311 e. The van der Waals surface area contributed by atoms with Crippen molar-refractivity contribution in [2.75, 3.05) is 31.6 Å². The molecular weight excluding hydrogens is 348 g/mol. The monoisotopic (exact) mass is 374 g/mol. The summed E-state index contributed by atoms with van der Waals surface area (Å²) in [4.78, 5) is 40.3. The summed E-state index contributed by atoms with van der Waals surface area (Å²) in [5.41, 5.74) is 0.754. The second-order valence-corrected chi connectivity index (χ2v) is 7.81. The van der Waals surface area contributed by atoms with Crippen LogP contribution in [-0.2, 0) is 14.4 Å². The zero-order chi connectivity index (χ0) is 19.8. The zero-order valence-corrected chi connectivity index (χ0v) is 16.0. The van der Waals surface area contributed by atoms with Crippen LogP contribution in [0.4, 0.5) is 5.69 Å². The molecule has 2 heterocycles. The number of likely N-dealkylation sites (tertiary alicyclic amines) is 1. The lowest BCUT2D eigenvalue weighted by atomic mass is 9.81. The topological polar surface area (TPSA) is 87.2 Å². The maximum absolute atomic E-state index is 13.0. The van der Waals surface area contributed by atoms with Crippen LogP contribution >= 0.6 is 0 Å². The molecule has 146 valence electrons. The highest BCUT2D eigenvalue weighted by Crippen LogP contribution is 2.36. The van der Waals surface area contributed by atoms with Crippen LogP contribution in [-0.4, -0.2) is 54.5 Å². The molecule has 2 aliphatic heterocycles. The maximum atomic E-state index is 13.0. The van der Waals surface area contributed by atoms with Crippen molar-refractivity contribution in [2.24, 2.45) is 11.3 Å². The fourth-order valence-electron chi connectivity index (χ4n) is 3.98. The van der Waals surface area contributed by atoms with Gasteiger partial charge in [0.25, 0.3) is 0 Å². The van der Waals surface area contributed by atoms with Crippen molar-refractivity contribution in [3.8, 4) is 5.75 Å². The lowest BCUT2D eigenvalue weighted by Gasteiger charge is -2.38. The summed E-state index contributed by atoms with van der Waals surface area (Å²) in [6.45, 7) is 4.64. The molecule has 0 aromatic heterocycles. The Bertz CT molecular complexity index is 778. The second-order valence-electron chi connectivity index (χ2n) is 7.81. The van der Waals surface area contributed by atoms with Crippen molar-refractivity contribution >= 4 is 23.5 Å². The van der Waals surface area contributed by atoms with Gasteiger partial charge in [-0.25, -0.2) is 0 Å². The van der Waals surface area contributed by atoms with Crippen molar-refractivity contribution in [1.82, 2.24) is 4.90 Å². The van der Waals surface area contributed by atoms with Gasteiger partial charge in [-0.15, -0.1) is 0 Å². The van der Waals surface area contributed by atoms with E-state index >= 15 is 0 Å². The largest absolute Gasteiger partial charge is 0.495 e. The number of hydrogen-bond acceptors (Lipinski definition) is 4.